The molecule has 1 aromatic heterocycles. The van der Waals surface area contributed by atoms with E-state index in [0.29, 0.717) is 0 Å². The van der Waals surface area contributed by atoms with Gasteiger partial charge in [-0.25, -0.2) is 0 Å². The molecule has 0 aliphatic carbocycles. The maximum absolute atomic E-state index is 12.3. The van der Waals surface area contributed by atoms with Crippen LogP contribution in [0.1, 0.15) is 34.8 Å². The number of hydrogen-bond acceptors (Lipinski definition) is 1. The number of hydrogen-bond donors (Lipinski definition) is 1. The number of aryl methyl sites for hydroxylation is 1. The third-order valence-electron chi connectivity index (χ3n) is 2.70. The van der Waals surface area contributed by atoms with Crippen LogP contribution >= 0.6 is 15.9 Å². The fourth-order valence-corrected chi connectivity index (χ4v) is 2.10. The van der Waals surface area contributed by atoms with Gasteiger partial charge in [0, 0.05) is 28.0 Å². The van der Waals surface area contributed by atoms with Crippen molar-refractivity contribution in [3.8, 4) is 0 Å². The summed E-state index contributed by atoms with van der Waals surface area (Å²) >= 11 is 3.37. The van der Waals surface area contributed by atoms with Gasteiger partial charge in [0.2, 0.25) is 0 Å². The van der Waals surface area contributed by atoms with Crippen molar-refractivity contribution >= 4 is 21.7 Å². The molecule has 3 heteroatoms. The third kappa shape index (κ3) is 2.67. The molecular formula is C14H14BrNO. The minimum atomic E-state index is 0.0854. The predicted octanol–water partition coefficient (Wildman–Crippen LogP) is 3.96. The fraction of sp³-hybridized carbons (Fsp3) is 0.214. The highest BCUT2D eigenvalue weighted by molar-refractivity contribution is 9.10. The number of benzene rings is 1. The molecular weight excluding hydrogens is 278 g/mol. The van der Waals surface area contributed by atoms with Crippen molar-refractivity contribution in [3.05, 3.63) is 57.8 Å². The molecule has 0 amide bonds. The summed E-state index contributed by atoms with van der Waals surface area (Å²) in [4.78, 5) is 15.3. The molecule has 0 fully saturated rings. The van der Waals surface area contributed by atoms with Crippen LogP contribution in [0.2, 0.25) is 0 Å². The molecule has 0 spiro atoms. The Hall–Kier alpha value is -1.35. The first-order chi connectivity index (χ1) is 8.22. The van der Waals surface area contributed by atoms with Crippen LogP contribution in [0.4, 0.5) is 0 Å². The Morgan fingerprint density at radius 2 is 1.94 bits per heavy atom. The molecule has 2 nitrogen and oxygen atoms in total. The van der Waals surface area contributed by atoms with Crippen molar-refractivity contribution in [1.29, 1.82) is 0 Å². The first kappa shape index (κ1) is 12.1. The van der Waals surface area contributed by atoms with E-state index in [1.807, 2.05) is 30.5 Å². The van der Waals surface area contributed by atoms with Crippen molar-refractivity contribution < 1.29 is 4.79 Å². The molecule has 0 saturated carbocycles. The first-order valence-electron chi connectivity index (χ1n) is 5.68. The molecule has 0 atom stereocenters. The largest absolute Gasteiger partial charge is 0.367 e. The lowest BCUT2D eigenvalue weighted by molar-refractivity contribution is 0.103. The average molecular weight is 292 g/mol. The number of carbonyl (C=O) groups is 1. The van der Waals surface area contributed by atoms with Crippen LogP contribution in [0.3, 0.4) is 0 Å². The van der Waals surface area contributed by atoms with Gasteiger partial charge in [-0.05, 0) is 36.2 Å². The summed E-state index contributed by atoms with van der Waals surface area (Å²) in [7, 11) is 0. The van der Waals surface area contributed by atoms with E-state index in [0.717, 1.165) is 34.0 Å². The molecule has 1 aromatic carbocycles. The van der Waals surface area contributed by atoms with Crippen LogP contribution in [0.15, 0.2) is 41.1 Å². The molecule has 1 N–H and O–H groups in total. The van der Waals surface area contributed by atoms with Crippen LogP contribution in [0.5, 0.6) is 0 Å². The van der Waals surface area contributed by atoms with Crippen LogP contribution in [0, 0.1) is 0 Å². The van der Waals surface area contributed by atoms with E-state index in [1.165, 1.54) is 0 Å². The number of aromatic nitrogens is 1. The number of nitrogens with one attached hydrogen (secondary N) is 1. The van der Waals surface area contributed by atoms with Crippen LogP contribution in [0.25, 0.3) is 0 Å². The molecule has 2 rings (SSSR count). The smallest absolute Gasteiger partial charge is 0.194 e. The summed E-state index contributed by atoms with van der Waals surface area (Å²) < 4.78 is 0.983. The quantitative estimate of drug-likeness (QED) is 0.850. The number of halogens is 1. The van der Waals surface area contributed by atoms with Gasteiger partial charge in [-0.3, -0.25) is 4.79 Å². The van der Waals surface area contributed by atoms with E-state index in [4.69, 9.17) is 0 Å². The number of rotatable bonds is 4. The summed E-state index contributed by atoms with van der Waals surface area (Å²) in [5, 5.41) is 0. The molecule has 0 unspecified atom stereocenters. The standard InChI is InChI=1S/C14H14BrNO/c1-2-3-11-8-16-9-13(11)14(17)10-4-6-12(15)7-5-10/h4-9,16H,2-3H2,1H3. The van der Waals surface area contributed by atoms with Gasteiger partial charge in [-0.2, -0.15) is 0 Å². The minimum absolute atomic E-state index is 0.0854. The van der Waals surface area contributed by atoms with E-state index >= 15 is 0 Å². The van der Waals surface area contributed by atoms with Crippen LogP contribution in [-0.4, -0.2) is 10.8 Å². The van der Waals surface area contributed by atoms with Gasteiger partial charge in [-0.15, -0.1) is 0 Å². The van der Waals surface area contributed by atoms with Crippen LogP contribution in [-0.2, 0) is 6.42 Å². The molecule has 2 aromatic rings. The molecule has 0 aliphatic heterocycles. The highest BCUT2D eigenvalue weighted by Gasteiger charge is 2.13. The topological polar surface area (TPSA) is 32.9 Å². The molecule has 1 heterocycles. The van der Waals surface area contributed by atoms with E-state index in [2.05, 4.69) is 27.8 Å². The summed E-state index contributed by atoms with van der Waals surface area (Å²) in [5.41, 5.74) is 2.61. The monoisotopic (exact) mass is 291 g/mol. The zero-order valence-electron chi connectivity index (χ0n) is 9.66. The molecule has 0 radical (unpaired) electrons. The fourth-order valence-electron chi connectivity index (χ4n) is 1.84. The van der Waals surface area contributed by atoms with Gasteiger partial charge in [0.25, 0.3) is 0 Å². The van der Waals surface area contributed by atoms with Crippen molar-refractivity contribution in [1.82, 2.24) is 4.98 Å². The third-order valence-corrected chi connectivity index (χ3v) is 3.23. The van der Waals surface area contributed by atoms with Gasteiger partial charge in [0.15, 0.2) is 5.78 Å². The highest BCUT2D eigenvalue weighted by atomic mass is 79.9. The second-order valence-electron chi connectivity index (χ2n) is 3.98. The zero-order valence-corrected chi connectivity index (χ0v) is 11.3. The SMILES string of the molecule is CCCc1c[nH]cc1C(=O)c1ccc(Br)cc1. The Morgan fingerprint density at radius 1 is 1.24 bits per heavy atom. The summed E-state index contributed by atoms with van der Waals surface area (Å²) in [6.45, 7) is 2.11. The average Bonchev–Trinajstić information content (AvgIpc) is 2.78. The Balaban J connectivity index is 2.30. The van der Waals surface area contributed by atoms with Gasteiger partial charge in [0.1, 0.15) is 0 Å². The normalized spacial score (nSPS) is 10.5. The number of carbonyl (C=O) groups excluding carboxylic acids is 1. The van der Waals surface area contributed by atoms with E-state index in [1.54, 1.807) is 6.20 Å². The van der Waals surface area contributed by atoms with Crippen molar-refractivity contribution in [2.24, 2.45) is 0 Å². The summed E-state index contributed by atoms with van der Waals surface area (Å²) in [6.07, 6.45) is 5.67. The number of aromatic amines is 1. The van der Waals surface area contributed by atoms with Gasteiger partial charge >= 0.3 is 0 Å². The van der Waals surface area contributed by atoms with Crippen LogP contribution < -0.4 is 0 Å². The van der Waals surface area contributed by atoms with Crippen molar-refractivity contribution in [2.75, 3.05) is 0 Å². The summed E-state index contributed by atoms with van der Waals surface area (Å²) in [5.74, 6) is 0.0854. The predicted molar refractivity (Wildman–Crippen MR) is 72.4 cm³/mol. The van der Waals surface area contributed by atoms with Crippen molar-refractivity contribution in [3.63, 3.8) is 0 Å². The lowest BCUT2D eigenvalue weighted by Gasteiger charge is -2.02. The highest BCUT2D eigenvalue weighted by Crippen LogP contribution is 2.17. The Kier molecular flexibility index (Phi) is 3.79. The molecule has 0 saturated heterocycles. The van der Waals surface area contributed by atoms with Gasteiger partial charge < -0.3 is 4.98 Å². The van der Waals surface area contributed by atoms with E-state index in [9.17, 15) is 4.79 Å². The number of ketones is 1. The maximum Gasteiger partial charge on any atom is 0.194 e. The lowest BCUT2D eigenvalue weighted by Crippen LogP contribution is -2.02. The minimum Gasteiger partial charge on any atom is -0.367 e. The first-order valence-corrected chi connectivity index (χ1v) is 6.47. The van der Waals surface area contributed by atoms with Gasteiger partial charge in [-0.1, -0.05) is 29.3 Å². The van der Waals surface area contributed by atoms with E-state index in [-0.39, 0.29) is 5.78 Å². The second-order valence-corrected chi connectivity index (χ2v) is 4.90. The number of H-pyrrole nitrogens is 1. The Morgan fingerprint density at radius 3 is 2.59 bits per heavy atom. The second kappa shape index (κ2) is 5.32. The zero-order chi connectivity index (χ0) is 12.3. The Bertz CT molecular complexity index is 513. The molecule has 17 heavy (non-hydrogen) atoms. The molecule has 88 valence electrons. The summed E-state index contributed by atoms with van der Waals surface area (Å²) in [6, 6.07) is 7.46. The van der Waals surface area contributed by atoms with Gasteiger partial charge in [0.05, 0.1) is 0 Å². The van der Waals surface area contributed by atoms with E-state index < -0.39 is 0 Å². The Labute approximate surface area is 109 Å². The maximum atomic E-state index is 12.3. The molecule has 0 aliphatic rings. The lowest BCUT2D eigenvalue weighted by atomic mass is 10.0. The molecule has 0 bridgehead atoms. The van der Waals surface area contributed by atoms with Crippen molar-refractivity contribution in [2.45, 2.75) is 19.8 Å².